The summed E-state index contributed by atoms with van der Waals surface area (Å²) in [5.74, 6) is 1.20. The van der Waals surface area contributed by atoms with Crippen LogP contribution in [-0.2, 0) is 17.8 Å². The number of aryl methyl sites for hydroxylation is 1. The Morgan fingerprint density at radius 1 is 1.32 bits per heavy atom. The van der Waals surface area contributed by atoms with Crippen LogP contribution in [0.3, 0.4) is 0 Å². The zero-order valence-electron chi connectivity index (χ0n) is 14.0. The topological polar surface area (TPSA) is 49.6 Å². The Bertz CT molecular complexity index is 540. The molecule has 0 bridgehead atoms. The van der Waals surface area contributed by atoms with Gasteiger partial charge in [0, 0.05) is 18.7 Å². The van der Waals surface area contributed by atoms with E-state index in [1.807, 2.05) is 6.07 Å². The number of carbonyl (C=O) groups excluding carboxylic acids is 1. The van der Waals surface area contributed by atoms with Gasteiger partial charge in [-0.25, -0.2) is 0 Å². The Morgan fingerprint density at radius 3 is 2.68 bits per heavy atom. The number of aromatic nitrogens is 1. The van der Waals surface area contributed by atoms with Gasteiger partial charge in [0.1, 0.15) is 5.54 Å². The molecule has 5 nitrogen and oxygen atoms in total. The van der Waals surface area contributed by atoms with Gasteiger partial charge in [0.25, 0.3) is 0 Å². The highest BCUT2D eigenvalue weighted by atomic mass is 16.5. The number of rotatable bonds is 4. The van der Waals surface area contributed by atoms with E-state index in [0.29, 0.717) is 12.5 Å². The number of hydrogen-bond donors (Lipinski definition) is 0. The van der Waals surface area contributed by atoms with Crippen LogP contribution in [0.2, 0.25) is 0 Å². The molecule has 1 atom stereocenters. The Labute approximate surface area is 132 Å². The van der Waals surface area contributed by atoms with Crippen LogP contribution in [0.4, 0.5) is 0 Å². The first-order chi connectivity index (χ1) is 10.6. The molecule has 0 radical (unpaired) electrons. The first kappa shape index (κ1) is 15.5. The molecule has 2 aliphatic rings. The Balaban J connectivity index is 1.80. The van der Waals surface area contributed by atoms with Crippen LogP contribution < -0.4 is 0 Å². The average Bonchev–Trinajstić information content (AvgIpc) is 3.10. The van der Waals surface area contributed by atoms with Crippen molar-refractivity contribution < 1.29 is 9.32 Å². The van der Waals surface area contributed by atoms with Gasteiger partial charge in [-0.3, -0.25) is 9.69 Å². The number of likely N-dealkylation sites (tertiary alicyclic amines) is 2. The molecule has 3 heterocycles. The predicted octanol–water partition coefficient (Wildman–Crippen LogP) is 2.60. The molecule has 1 amide bonds. The van der Waals surface area contributed by atoms with Gasteiger partial charge >= 0.3 is 0 Å². The second-order valence-electron chi connectivity index (χ2n) is 6.89. The number of piperidine rings is 1. The lowest BCUT2D eigenvalue weighted by atomic mass is 9.84. The van der Waals surface area contributed by atoms with Gasteiger partial charge in [0.2, 0.25) is 5.91 Å². The summed E-state index contributed by atoms with van der Waals surface area (Å²) in [7, 11) is 0. The van der Waals surface area contributed by atoms with Gasteiger partial charge in [0.15, 0.2) is 5.76 Å². The summed E-state index contributed by atoms with van der Waals surface area (Å²) in [5.41, 5.74) is 0.684. The van der Waals surface area contributed by atoms with E-state index in [2.05, 4.69) is 35.7 Å². The summed E-state index contributed by atoms with van der Waals surface area (Å²) < 4.78 is 5.44. The fraction of sp³-hybridized carbons (Fsp3) is 0.765. The Morgan fingerprint density at radius 2 is 2.05 bits per heavy atom. The van der Waals surface area contributed by atoms with Gasteiger partial charge in [-0.15, -0.1) is 0 Å². The SMILES string of the molecule is CCc1cc(CN2CCCC23CCCN(C(C)C)C3=O)on1. The van der Waals surface area contributed by atoms with E-state index in [9.17, 15) is 4.79 Å². The molecular weight excluding hydrogens is 278 g/mol. The van der Waals surface area contributed by atoms with Crippen molar-refractivity contribution in [3.05, 3.63) is 17.5 Å². The fourth-order valence-corrected chi connectivity index (χ4v) is 3.99. The minimum absolute atomic E-state index is 0.282. The van der Waals surface area contributed by atoms with E-state index >= 15 is 0 Å². The van der Waals surface area contributed by atoms with Crippen molar-refractivity contribution in [2.75, 3.05) is 13.1 Å². The van der Waals surface area contributed by atoms with Crippen LogP contribution in [0.15, 0.2) is 10.6 Å². The van der Waals surface area contributed by atoms with Crippen molar-refractivity contribution in [2.24, 2.45) is 0 Å². The molecule has 1 aromatic rings. The largest absolute Gasteiger partial charge is 0.360 e. The predicted molar refractivity (Wildman–Crippen MR) is 84.3 cm³/mol. The van der Waals surface area contributed by atoms with E-state index < -0.39 is 0 Å². The molecule has 0 saturated carbocycles. The number of hydrogen-bond acceptors (Lipinski definition) is 4. The van der Waals surface area contributed by atoms with Crippen LogP contribution in [0.25, 0.3) is 0 Å². The van der Waals surface area contributed by atoms with E-state index in [1.54, 1.807) is 0 Å². The van der Waals surface area contributed by atoms with Crippen LogP contribution in [0.1, 0.15) is 57.9 Å². The highest BCUT2D eigenvalue weighted by Gasteiger charge is 2.51. The van der Waals surface area contributed by atoms with Crippen molar-refractivity contribution in [1.29, 1.82) is 0 Å². The summed E-state index contributed by atoms with van der Waals surface area (Å²) >= 11 is 0. The van der Waals surface area contributed by atoms with Gasteiger partial charge < -0.3 is 9.42 Å². The second-order valence-corrected chi connectivity index (χ2v) is 6.89. The summed E-state index contributed by atoms with van der Waals surface area (Å²) in [6.07, 6.45) is 5.02. The maximum absolute atomic E-state index is 13.1. The molecule has 2 saturated heterocycles. The van der Waals surface area contributed by atoms with Crippen LogP contribution in [0.5, 0.6) is 0 Å². The van der Waals surface area contributed by atoms with Gasteiger partial charge in [0.05, 0.1) is 12.2 Å². The molecular formula is C17H27N3O2. The second kappa shape index (κ2) is 6.03. The van der Waals surface area contributed by atoms with E-state index in [0.717, 1.165) is 56.6 Å². The first-order valence-corrected chi connectivity index (χ1v) is 8.57. The van der Waals surface area contributed by atoms with Gasteiger partial charge in [-0.1, -0.05) is 12.1 Å². The van der Waals surface area contributed by atoms with Crippen molar-refractivity contribution in [2.45, 2.75) is 71.0 Å². The summed E-state index contributed by atoms with van der Waals surface area (Å²) in [4.78, 5) is 17.5. The molecule has 1 spiro atoms. The van der Waals surface area contributed by atoms with Crippen molar-refractivity contribution in [3.63, 3.8) is 0 Å². The molecule has 0 aromatic carbocycles. The number of carbonyl (C=O) groups is 1. The quantitative estimate of drug-likeness (QED) is 0.858. The molecule has 0 N–H and O–H groups in total. The molecule has 3 rings (SSSR count). The molecule has 1 unspecified atom stereocenters. The van der Waals surface area contributed by atoms with Gasteiger partial charge in [-0.05, 0) is 52.5 Å². The Hall–Kier alpha value is -1.36. The lowest BCUT2D eigenvalue weighted by Crippen LogP contribution is -2.61. The summed E-state index contributed by atoms with van der Waals surface area (Å²) in [6, 6.07) is 2.31. The van der Waals surface area contributed by atoms with Crippen LogP contribution in [-0.4, -0.2) is 45.5 Å². The van der Waals surface area contributed by atoms with Crippen molar-refractivity contribution in [3.8, 4) is 0 Å². The minimum atomic E-state index is -0.304. The third-order valence-electron chi connectivity index (χ3n) is 5.21. The third kappa shape index (κ3) is 2.56. The Kier molecular flexibility index (Phi) is 4.26. The molecule has 122 valence electrons. The van der Waals surface area contributed by atoms with Crippen LogP contribution in [0, 0.1) is 0 Å². The van der Waals surface area contributed by atoms with Crippen LogP contribution >= 0.6 is 0 Å². The summed E-state index contributed by atoms with van der Waals surface area (Å²) in [5, 5.41) is 4.08. The lowest BCUT2D eigenvalue weighted by Gasteiger charge is -2.45. The molecule has 1 aromatic heterocycles. The van der Waals surface area contributed by atoms with Crippen molar-refractivity contribution >= 4 is 5.91 Å². The number of amides is 1. The normalized spacial score (nSPS) is 26.5. The first-order valence-electron chi connectivity index (χ1n) is 8.57. The molecule has 0 aliphatic carbocycles. The highest BCUT2D eigenvalue weighted by molar-refractivity contribution is 5.87. The molecule has 2 aliphatic heterocycles. The maximum atomic E-state index is 13.1. The molecule has 2 fully saturated rings. The third-order valence-corrected chi connectivity index (χ3v) is 5.21. The smallest absolute Gasteiger partial charge is 0.243 e. The maximum Gasteiger partial charge on any atom is 0.243 e. The van der Waals surface area contributed by atoms with E-state index in [-0.39, 0.29) is 11.6 Å². The minimum Gasteiger partial charge on any atom is -0.360 e. The highest BCUT2D eigenvalue weighted by Crippen LogP contribution is 2.39. The fourth-order valence-electron chi connectivity index (χ4n) is 3.99. The molecule has 22 heavy (non-hydrogen) atoms. The number of nitrogens with zero attached hydrogens (tertiary/aromatic N) is 3. The van der Waals surface area contributed by atoms with Gasteiger partial charge in [-0.2, -0.15) is 0 Å². The van der Waals surface area contributed by atoms with Crippen molar-refractivity contribution in [1.82, 2.24) is 15.0 Å². The zero-order chi connectivity index (χ0) is 15.7. The average molecular weight is 305 g/mol. The van der Waals surface area contributed by atoms with E-state index in [4.69, 9.17) is 4.52 Å². The summed E-state index contributed by atoms with van der Waals surface area (Å²) in [6.45, 7) is 8.86. The molecule has 5 heteroatoms. The zero-order valence-corrected chi connectivity index (χ0v) is 14.0. The monoisotopic (exact) mass is 305 g/mol. The lowest BCUT2D eigenvalue weighted by molar-refractivity contribution is -0.150. The standard InChI is InChI=1S/C17H27N3O2/c1-4-14-11-15(22-18-14)12-19-9-5-7-17(19)8-6-10-20(13(2)3)16(17)21/h11,13H,4-10,12H2,1-3H3. The van der Waals surface area contributed by atoms with E-state index in [1.165, 1.54) is 0 Å².